The maximum absolute atomic E-state index is 12.4. The lowest BCUT2D eigenvalue weighted by molar-refractivity contribution is 0.0963. The van der Waals surface area contributed by atoms with Crippen molar-refractivity contribution in [3.63, 3.8) is 0 Å². The van der Waals surface area contributed by atoms with Crippen LogP contribution in [0.4, 0.5) is 4.79 Å². The predicted molar refractivity (Wildman–Crippen MR) is 109 cm³/mol. The van der Waals surface area contributed by atoms with E-state index in [-0.39, 0.29) is 17.9 Å². The zero-order valence-electron chi connectivity index (χ0n) is 16.1. The van der Waals surface area contributed by atoms with Crippen molar-refractivity contribution in [2.75, 3.05) is 63.6 Å². The highest BCUT2D eigenvalue weighted by Gasteiger charge is 2.25. The van der Waals surface area contributed by atoms with E-state index in [1.165, 1.54) is 0 Å². The van der Waals surface area contributed by atoms with Crippen molar-refractivity contribution in [1.82, 2.24) is 19.8 Å². The number of thioether (sulfide) groups is 1. The minimum Gasteiger partial charge on any atom is -0.450 e. The molecule has 2 aliphatic rings. The maximum Gasteiger partial charge on any atom is 0.409 e. The molecule has 0 aromatic carbocycles. The van der Waals surface area contributed by atoms with Crippen LogP contribution in [0.5, 0.6) is 0 Å². The lowest BCUT2D eigenvalue weighted by atomic mass is 10.1. The van der Waals surface area contributed by atoms with Gasteiger partial charge in [0.05, 0.1) is 12.4 Å². The van der Waals surface area contributed by atoms with Crippen LogP contribution in [-0.4, -0.2) is 99.4 Å². The van der Waals surface area contributed by atoms with Crippen molar-refractivity contribution in [1.29, 1.82) is 0 Å². The first-order valence-corrected chi connectivity index (χ1v) is 12.2. The van der Waals surface area contributed by atoms with E-state index in [0.29, 0.717) is 45.3 Å². The standard InChI is InChI=1S/C16H31N5O4S2/c1-3-25-16(22)20-7-4-14(5-8-20)19-15(17-2)18-6-13-27(23,24)21-9-11-26-12-10-21/h14H,3-13H2,1-2H3,(H2,17,18,19). The van der Waals surface area contributed by atoms with E-state index in [0.717, 1.165) is 24.3 Å². The Morgan fingerprint density at radius 2 is 1.89 bits per heavy atom. The molecule has 156 valence electrons. The summed E-state index contributed by atoms with van der Waals surface area (Å²) in [6, 6.07) is 0.192. The molecule has 0 saturated carbocycles. The maximum atomic E-state index is 12.4. The van der Waals surface area contributed by atoms with Gasteiger partial charge in [0.1, 0.15) is 0 Å². The van der Waals surface area contributed by atoms with Crippen LogP contribution >= 0.6 is 11.8 Å². The second kappa shape index (κ2) is 11.0. The zero-order valence-corrected chi connectivity index (χ0v) is 17.8. The number of sulfonamides is 1. The number of amides is 1. The molecule has 9 nitrogen and oxygen atoms in total. The number of aliphatic imine (C=N–C) groups is 1. The molecule has 2 heterocycles. The van der Waals surface area contributed by atoms with E-state index in [1.807, 2.05) is 0 Å². The van der Waals surface area contributed by atoms with E-state index < -0.39 is 10.0 Å². The topological polar surface area (TPSA) is 103 Å². The van der Waals surface area contributed by atoms with Gasteiger partial charge in [-0.05, 0) is 19.8 Å². The van der Waals surface area contributed by atoms with Crippen LogP contribution in [0.15, 0.2) is 4.99 Å². The number of carbonyl (C=O) groups is 1. The third-order valence-corrected chi connectivity index (χ3v) is 7.42. The number of guanidine groups is 1. The molecule has 27 heavy (non-hydrogen) atoms. The van der Waals surface area contributed by atoms with Crippen LogP contribution in [0, 0.1) is 0 Å². The molecule has 2 aliphatic heterocycles. The molecule has 0 spiro atoms. The highest BCUT2D eigenvalue weighted by molar-refractivity contribution is 7.99. The molecule has 0 aromatic heterocycles. The van der Waals surface area contributed by atoms with Crippen LogP contribution in [0.1, 0.15) is 19.8 Å². The molecule has 0 unspecified atom stereocenters. The van der Waals surface area contributed by atoms with Crippen LogP contribution in [0.3, 0.4) is 0 Å². The molecule has 11 heteroatoms. The van der Waals surface area contributed by atoms with Gasteiger partial charge in [-0.3, -0.25) is 4.99 Å². The van der Waals surface area contributed by atoms with E-state index in [2.05, 4.69) is 15.6 Å². The van der Waals surface area contributed by atoms with Gasteiger partial charge in [0.15, 0.2) is 5.96 Å². The Hall–Kier alpha value is -1.20. The van der Waals surface area contributed by atoms with Crippen LogP contribution in [-0.2, 0) is 14.8 Å². The van der Waals surface area contributed by atoms with Crippen molar-refractivity contribution in [3.05, 3.63) is 0 Å². The summed E-state index contributed by atoms with van der Waals surface area (Å²) in [5, 5.41) is 6.40. The predicted octanol–water partition coefficient (Wildman–Crippen LogP) is 0.151. The molecule has 2 N–H and O–H groups in total. The second-order valence-electron chi connectivity index (χ2n) is 6.43. The summed E-state index contributed by atoms with van der Waals surface area (Å²) < 4.78 is 31.3. The third-order valence-electron chi connectivity index (χ3n) is 4.60. The quantitative estimate of drug-likeness (QED) is 0.465. The SMILES string of the molecule is CCOC(=O)N1CCC(NC(=NC)NCCS(=O)(=O)N2CCSCC2)CC1. The summed E-state index contributed by atoms with van der Waals surface area (Å²) in [6.45, 7) is 4.95. The van der Waals surface area contributed by atoms with Crippen LogP contribution in [0.25, 0.3) is 0 Å². The van der Waals surface area contributed by atoms with Crippen molar-refractivity contribution >= 4 is 33.8 Å². The molecule has 0 bridgehead atoms. The number of rotatable bonds is 6. The fourth-order valence-corrected chi connectivity index (χ4v) is 5.55. The van der Waals surface area contributed by atoms with Gasteiger partial charge in [-0.15, -0.1) is 0 Å². The summed E-state index contributed by atoms with van der Waals surface area (Å²) in [6.07, 6.45) is 1.33. The molecule has 2 fully saturated rings. The molecule has 1 amide bonds. The Morgan fingerprint density at radius 3 is 2.48 bits per heavy atom. The third kappa shape index (κ3) is 7.04. The van der Waals surface area contributed by atoms with E-state index in [4.69, 9.17) is 4.74 Å². The first kappa shape index (κ1) is 22.1. The molecule has 0 radical (unpaired) electrons. The number of carbonyl (C=O) groups excluding carboxylic acids is 1. The van der Waals surface area contributed by atoms with E-state index >= 15 is 0 Å². The van der Waals surface area contributed by atoms with Crippen molar-refractivity contribution in [2.45, 2.75) is 25.8 Å². The van der Waals surface area contributed by atoms with Crippen LogP contribution < -0.4 is 10.6 Å². The van der Waals surface area contributed by atoms with E-state index in [9.17, 15) is 13.2 Å². The fourth-order valence-electron chi connectivity index (χ4n) is 3.06. The average Bonchev–Trinajstić information content (AvgIpc) is 2.68. The van der Waals surface area contributed by atoms with Gasteiger partial charge in [-0.25, -0.2) is 17.5 Å². The average molecular weight is 422 g/mol. The molecule has 0 aliphatic carbocycles. The monoisotopic (exact) mass is 421 g/mol. The minimum atomic E-state index is -3.23. The number of hydrogen-bond donors (Lipinski definition) is 2. The first-order valence-electron chi connectivity index (χ1n) is 9.40. The van der Waals surface area contributed by atoms with Crippen molar-refractivity contribution < 1.29 is 17.9 Å². The number of piperidine rings is 1. The van der Waals surface area contributed by atoms with Gasteiger partial charge in [0.2, 0.25) is 10.0 Å². The molecular formula is C16H31N5O4S2. The fraction of sp³-hybridized carbons (Fsp3) is 0.875. The van der Waals surface area contributed by atoms with Gasteiger partial charge < -0.3 is 20.3 Å². The highest BCUT2D eigenvalue weighted by Crippen LogP contribution is 2.13. The minimum absolute atomic E-state index is 0.0552. The van der Waals surface area contributed by atoms with Gasteiger partial charge >= 0.3 is 6.09 Å². The Labute approximate surface area is 166 Å². The number of likely N-dealkylation sites (tertiary alicyclic amines) is 1. The molecule has 0 atom stereocenters. The van der Waals surface area contributed by atoms with Crippen molar-refractivity contribution in [3.8, 4) is 0 Å². The first-order chi connectivity index (χ1) is 13.0. The Kier molecular flexibility index (Phi) is 8.97. The Morgan fingerprint density at radius 1 is 1.22 bits per heavy atom. The zero-order chi connectivity index (χ0) is 19.7. The Balaban J connectivity index is 1.71. The van der Waals surface area contributed by atoms with Gasteiger partial charge in [0, 0.05) is 57.3 Å². The van der Waals surface area contributed by atoms with Crippen molar-refractivity contribution in [2.24, 2.45) is 4.99 Å². The summed E-state index contributed by atoms with van der Waals surface area (Å²) in [5.74, 6) is 2.37. The number of nitrogens with one attached hydrogen (secondary N) is 2. The van der Waals surface area contributed by atoms with Gasteiger partial charge in [0.25, 0.3) is 0 Å². The largest absolute Gasteiger partial charge is 0.450 e. The van der Waals surface area contributed by atoms with Crippen LogP contribution in [0.2, 0.25) is 0 Å². The highest BCUT2D eigenvalue weighted by atomic mass is 32.2. The second-order valence-corrected chi connectivity index (χ2v) is 9.74. The molecule has 0 aromatic rings. The molecule has 2 saturated heterocycles. The molecular weight excluding hydrogens is 390 g/mol. The number of nitrogens with zero attached hydrogens (tertiary/aromatic N) is 3. The van der Waals surface area contributed by atoms with Gasteiger partial charge in [-0.2, -0.15) is 11.8 Å². The summed E-state index contributed by atoms with van der Waals surface area (Å²) in [4.78, 5) is 17.6. The lowest BCUT2D eigenvalue weighted by Crippen LogP contribution is -2.50. The smallest absolute Gasteiger partial charge is 0.409 e. The van der Waals surface area contributed by atoms with Gasteiger partial charge in [-0.1, -0.05) is 0 Å². The molecule has 2 rings (SSSR count). The van der Waals surface area contributed by atoms with E-state index in [1.54, 1.807) is 34.9 Å². The summed E-state index contributed by atoms with van der Waals surface area (Å²) in [5.41, 5.74) is 0. The summed E-state index contributed by atoms with van der Waals surface area (Å²) in [7, 11) is -1.56. The normalized spacial score (nSPS) is 20.4. The number of hydrogen-bond acceptors (Lipinski definition) is 6. The Bertz CT molecular complexity index is 600. The lowest BCUT2D eigenvalue weighted by Gasteiger charge is -2.32. The number of ether oxygens (including phenoxy) is 1. The summed E-state index contributed by atoms with van der Waals surface area (Å²) >= 11 is 1.79.